The first-order chi connectivity index (χ1) is 16.0. The summed E-state index contributed by atoms with van der Waals surface area (Å²) in [5, 5.41) is 2.79. The van der Waals surface area contributed by atoms with Crippen molar-refractivity contribution in [1.29, 1.82) is 0 Å². The summed E-state index contributed by atoms with van der Waals surface area (Å²) in [4.78, 5) is 19.1. The largest absolute Gasteiger partial charge is 0.376 e. The van der Waals surface area contributed by atoms with Crippen LogP contribution in [0.2, 0.25) is 5.02 Å². The molecule has 0 bridgehead atoms. The van der Waals surface area contributed by atoms with E-state index in [0.717, 1.165) is 46.9 Å². The van der Waals surface area contributed by atoms with Crippen LogP contribution in [0.5, 0.6) is 0 Å². The number of aromatic nitrogens is 3. The first-order valence-electron chi connectivity index (χ1n) is 11.0. The van der Waals surface area contributed by atoms with Crippen molar-refractivity contribution >= 4 is 28.6 Å². The Morgan fingerprint density at radius 1 is 1.15 bits per heavy atom. The maximum atomic E-state index is 13.4. The SMILES string of the molecule is Cc1c(N=c2scc(-c3ccc(Cl)cc3)n2CC2CCCO2)c(=O)n(-c2ccccc2)n1C. The number of thiazole rings is 1. The number of halogens is 1. The van der Waals surface area contributed by atoms with E-state index in [4.69, 9.17) is 21.3 Å². The Balaban J connectivity index is 1.66. The highest BCUT2D eigenvalue weighted by molar-refractivity contribution is 7.07. The maximum Gasteiger partial charge on any atom is 0.297 e. The van der Waals surface area contributed by atoms with Gasteiger partial charge in [-0.05, 0) is 49.6 Å². The third-order valence-corrected chi connectivity index (χ3v) is 7.19. The van der Waals surface area contributed by atoms with E-state index in [-0.39, 0.29) is 11.7 Å². The van der Waals surface area contributed by atoms with E-state index >= 15 is 0 Å². The highest BCUT2D eigenvalue weighted by Crippen LogP contribution is 2.25. The molecule has 1 atom stereocenters. The zero-order valence-electron chi connectivity index (χ0n) is 18.6. The Morgan fingerprint density at radius 3 is 2.61 bits per heavy atom. The first-order valence-corrected chi connectivity index (χ1v) is 12.2. The van der Waals surface area contributed by atoms with Crippen LogP contribution in [-0.4, -0.2) is 26.6 Å². The lowest BCUT2D eigenvalue weighted by Crippen LogP contribution is -2.24. The van der Waals surface area contributed by atoms with Gasteiger partial charge in [-0.2, -0.15) is 0 Å². The molecule has 2 aromatic carbocycles. The number of hydrogen-bond acceptors (Lipinski definition) is 4. The smallest absolute Gasteiger partial charge is 0.297 e. The number of benzene rings is 2. The molecule has 1 saturated heterocycles. The number of nitrogens with zero attached hydrogens (tertiary/aromatic N) is 4. The molecule has 0 radical (unpaired) electrons. The molecule has 0 spiro atoms. The van der Waals surface area contributed by atoms with E-state index in [9.17, 15) is 4.79 Å². The standard InChI is InChI=1S/C25H25ClN4O2S/c1-17-23(24(31)30(28(17)2)20-7-4-3-5-8-20)27-25-29(15-21-9-6-14-32-21)22(16-33-25)18-10-12-19(26)13-11-18/h3-5,7-8,10-13,16,21H,6,9,14-15H2,1-2H3. The fourth-order valence-electron chi connectivity index (χ4n) is 4.22. The highest BCUT2D eigenvalue weighted by atomic mass is 35.5. The molecule has 1 fully saturated rings. The fraction of sp³-hybridized carbons (Fsp3) is 0.280. The third kappa shape index (κ3) is 4.24. The fourth-order valence-corrected chi connectivity index (χ4v) is 5.27. The van der Waals surface area contributed by atoms with Crippen LogP contribution >= 0.6 is 22.9 Å². The highest BCUT2D eigenvalue weighted by Gasteiger charge is 2.20. The van der Waals surface area contributed by atoms with Gasteiger partial charge in [0.2, 0.25) is 0 Å². The number of hydrogen-bond donors (Lipinski definition) is 0. The van der Waals surface area contributed by atoms with Gasteiger partial charge in [-0.15, -0.1) is 11.3 Å². The van der Waals surface area contributed by atoms with Gasteiger partial charge in [0.15, 0.2) is 10.5 Å². The molecule has 0 N–H and O–H groups in total. The minimum atomic E-state index is -0.133. The van der Waals surface area contributed by atoms with E-state index < -0.39 is 0 Å². The summed E-state index contributed by atoms with van der Waals surface area (Å²) in [6, 6.07) is 17.4. The lowest BCUT2D eigenvalue weighted by atomic mass is 10.1. The summed E-state index contributed by atoms with van der Waals surface area (Å²) in [7, 11) is 1.89. The number of ether oxygens (including phenoxy) is 1. The Hall–Kier alpha value is -2.87. The van der Waals surface area contributed by atoms with Crippen molar-refractivity contribution in [3.63, 3.8) is 0 Å². The van der Waals surface area contributed by atoms with Crippen LogP contribution in [-0.2, 0) is 18.3 Å². The summed E-state index contributed by atoms with van der Waals surface area (Å²) in [5.41, 5.74) is 4.05. The molecule has 1 aliphatic rings. The lowest BCUT2D eigenvalue weighted by molar-refractivity contribution is 0.0968. The van der Waals surface area contributed by atoms with Gasteiger partial charge in [-0.25, -0.2) is 9.67 Å². The number of para-hydroxylation sites is 1. The van der Waals surface area contributed by atoms with E-state index in [2.05, 4.69) is 9.95 Å². The molecule has 0 amide bonds. The van der Waals surface area contributed by atoms with Crippen molar-refractivity contribution in [1.82, 2.24) is 13.9 Å². The number of rotatable bonds is 5. The van der Waals surface area contributed by atoms with Crippen LogP contribution in [0.1, 0.15) is 18.5 Å². The van der Waals surface area contributed by atoms with Crippen molar-refractivity contribution in [2.24, 2.45) is 12.0 Å². The summed E-state index contributed by atoms with van der Waals surface area (Å²) in [6.45, 7) is 3.41. The van der Waals surface area contributed by atoms with E-state index in [0.29, 0.717) is 17.3 Å². The second-order valence-electron chi connectivity index (χ2n) is 8.18. The molecule has 0 aliphatic carbocycles. The molecule has 170 valence electrons. The molecule has 2 aromatic heterocycles. The van der Waals surface area contributed by atoms with Crippen LogP contribution < -0.4 is 10.4 Å². The normalized spacial score (nSPS) is 16.6. The van der Waals surface area contributed by atoms with Gasteiger partial charge in [-0.1, -0.05) is 41.9 Å². The predicted octanol–water partition coefficient (Wildman–Crippen LogP) is 5.08. The molecule has 33 heavy (non-hydrogen) atoms. The van der Waals surface area contributed by atoms with Crippen LogP contribution in [0.15, 0.2) is 69.8 Å². The van der Waals surface area contributed by atoms with Crippen molar-refractivity contribution in [2.45, 2.75) is 32.4 Å². The summed E-state index contributed by atoms with van der Waals surface area (Å²) in [6.07, 6.45) is 2.23. The van der Waals surface area contributed by atoms with Gasteiger partial charge in [0, 0.05) is 24.1 Å². The Morgan fingerprint density at radius 2 is 1.91 bits per heavy atom. The minimum Gasteiger partial charge on any atom is -0.376 e. The van der Waals surface area contributed by atoms with E-state index in [1.165, 1.54) is 11.3 Å². The summed E-state index contributed by atoms with van der Waals surface area (Å²) < 4.78 is 11.6. The Labute approximate surface area is 201 Å². The van der Waals surface area contributed by atoms with Crippen molar-refractivity contribution in [2.75, 3.05) is 6.61 Å². The van der Waals surface area contributed by atoms with E-state index in [1.807, 2.05) is 73.3 Å². The van der Waals surface area contributed by atoms with Crippen molar-refractivity contribution in [3.05, 3.63) is 85.8 Å². The Kier molecular flexibility index (Phi) is 6.10. The molecule has 1 unspecified atom stereocenters. The minimum absolute atomic E-state index is 0.133. The molecule has 4 aromatic rings. The maximum absolute atomic E-state index is 13.4. The monoisotopic (exact) mass is 480 g/mol. The molecule has 0 saturated carbocycles. The quantitative estimate of drug-likeness (QED) is 0.400. The summed E-state index contributed by atoms with van der Waals surface area (Å²) in [5.74, 6) is 0. The van der Waals surface area contributed by atoms with Gasteiger partial charge < -0.3 is 9.30 Å². The zero-order chi connectivity index (χ0) is 22.9. The topological polar surface area (TPSA) is 53.5 Å². The molecular weight excluding hydrogens is 456 g/mol. The van der Waals surface area contributed by atoms with Gasteiger partial charge >= 0.3 is 0 Å². The van der Waals surface area contributed by atoms with Gasteiger partial charge in [0.05, 0.1) is 29.7 Å². The molecule has 6 nitrogen and oxygen atoms in total. The van der Waals surface area contributed by atoms with Crippen LogP contribution in [0.25, 0.3) is 16.9 Å². The van der Waals surface area contributed by atoms with Gasteiger partial charge in [0.1, 0.15) is 0 Å². The molecular formula is C25H25ClN4O2S. The molecule has 8 heteroatoms. The molecule has 5 rings (SSSR count). The second-order valence-corrected chi connectivity index (χ2v) is 9.45. The van der Waals surface area contributed by atoms with Crippen molar-refractivity contribution < 1.29 is 4.74 Å². The summed E-state index contributed by atoms with van der Waals surface area (Å²) >= 11 is 7.64. The van der Waals surface area contributed by atoms with Crippen molar-refractivity contribution in [3.8, 4) is 16.9 Å². The average Bonchev–Trinajstić information content (AvgIpc) is 3.53. The predicted molar refractivity (Wildman–Crippen MR) is 133 cm³/mol. The average molecular weight is 481 g/mol. The van der Waals surface area contributed by atoms with Gasteiger partial charge in [-0.3, -0.25) is 9.48 Å². The van der Waals surface area contributed by atoms with Crippen LogP contribution in [0.3, 0.4) is 0 Å². The van der Waals surface area contributed by atoms with E-state index in [1.54, 1.807) is 4.68 Å². The lowest BCUT2D eigenvalue weighted by Gasteiger charge is -2.14. The molecule has 1 aliphatic heterocycles. The third-order valence-electron chi connectivity index (χ3n) is 6.08. The second kappa shape index (κ2) is 9.17. The Bertz CT molecular complexity index is 1390. The zero-order valence-corrected chi connectivity index (χ0v) is 20.1. The van der Waals surface area contributed by atoms with Gasteiger partial charge in [0.25, 0.3) is 5.56 Å². The van der Waals surface area contributed by atoms with Crippen LogP contribution in [0.4, 0.5) is 5.69 Å². The first kappa shape index (κ1) is 21.9. The molecule has 3 heterocycles. The van der Waals surface area contributed by atoms with Crippen LogP contribution in [0, 0.1) is 6.92 Å².